The van der Waals surface area contributed by atoms with Crippen LogP contribution in [0.15, 0.2) is 18.3 Å². The lowest BCUT2D eigenvalue weighted by Crippen LogP contribution is -2.24. The molecule has 3 nitrogen and oxygen atoms in total. The van der Waals surface area contributed by atoms with E-state index in [1.165, 1.54) is 0 Å². The van der Waals surface area contributed by atoms with Gasteiger partial charge in [0.2, 0.25) is 5.91 Å². The van der Waals surface area contributed by atoms with Gasteiger partial charge in [0.25, 0.3) is 0 Å². The van der Waals surface area contributed by atoms with Crippen molar-refractivity contribution in [3.63, 3.8) is 0 Å². The zero-order chi connectivity index (χ0) is 10.2. The van der Waals surface area contributed by atoms with Crippen LogP contribution < -0.4 is 5.32 Å². The molecule has 0 aliphatic carbocycles. The zero-order valence-corrected chi connectivity index (χ0v) is 8.68. The van der Waals surface area contributed by atoms with Gasteiger partial charge in [-0.05, 0) is 25.0 Å². The van der Waals surface area contributed by atoms with Gasteiger partial charge in [0, 0.05) is 24.9 Å². The molecular formula is C11H18N2O. The molecule has 0 bridgehead atoms. The topological polar surface area (TPSA) is 44.9 Å². The maximum Gasteiger partial charge on any atom is 0.220 e. The van der Waals surface area contributed by atoms with E-state index in [4.69, 9.17) is 0 Å². The highest BCUT2D eigenvalue weighted by atomic mass is 16.1. The van der Waals surface area contributed by atoms with Gasteiger partial charge < -0.3 is 10.3 Å². The minimum atomic E-state index is 0.146. The third-order valence-corrected chi connectivity index (χ3v) is 2.14. The average Bonchev–Trinajstić information content (AvgIpc) is 2.68. The minimum Gasteiger partial charge on any atom is -0.365 e. The van der Waals surface area contributed by atoms with Gasteiger partial charge in [-0.3, -0.25) is 4.79 Å². The van der Waals surface area contributed by atoms with Gasteiger partial charge in [-0.2, -0.15) is 0 Å². The summed E-state index contributed by atoms with van der Waals surface area (Å²) in [4.78, 5) is 14.4. The Balaban J connectivity index is 2.09. The van der Waals surface area contributed by atoms with E-state index < -0.39 is 0 Å². The Labute approximate surface area is 84.9 Å². The van der Waals surface area contributed by atoms with Crippen molar-refractivity contribution in [3.8, 4) is 0 Å². The average molecular weight is 194 g/mol. The first-order valence-electron chi connectivity index (χ1n) is 5.22. The van der Waals surface area contributed by atoms with Gasteiger partial charge in [-0.25, -0.2) is 0 Å². The zero-order valence-electron chi connectivity index (χ0n) is 8.68. The number of aryl methyl sites for hydroxylation is 1. The van der Waals surface area contributed by atoms with Crippen LogP contribution in [-0.2, 0) is 11.2 Å². The Bertz CT molecular complexity index is 254. The summed E-state index contributed by atoms with van der Waals surface area (Å²) in [5.41, 5.74) is 1.12. The molecule has 0 atom stereocenters. The predicted octanol–water partition coefficient (Wildman–Crippen LogP) is 1.86. The maximum atomic E-state index is 11.3. The quantitative estimate of drug-likeness (QED) is 0.667. The highest BCUT2D eigenvalue weighted by Crippen LogP contribution is 1.98. The molecule has 0 saturated heterocycles. The highest BCUT2D eigenvalue weighted by molar-refractivity contribution is 5.76. The number of carbonyl (C=O) groups excluding carboxylic acids is 1. The summed E-state index contributed by atoms with van der Waals surface area (Å²) in [5.74, 6) is 0.146. The number of carbonyl (C=O) groups is 1. The molecule has 0 aromatic carbocycles. The minimum absolute atomic E-state index is 0.146. The van der Waals surface area contributed by atoms with Gasteiger partial charge in [-0.1, -0.05) is 13.3 Å². The second kappa shape index (κ2) is 6.24. The molecule has 0 unspecified atom stereocenters. The molecule has 1 aromatic rings. The second-order valence-electron chi connectivity index (χ2n) is 3.40. The lowest BCUT2D eigenvalue weighted by Gasteiger charge is -2.02. The fraction of sp³-hybridized carbons (Fsp3) is 0.545. The normalized spacial score (nSPS) is 10.1. The van der Waals surface area contributed by atoms with Crippen LogP contribution in [0.2, 0.25) is 0 Å². The van der Waals surface area contributed by atoms with Crippen molar-refractivity contribution < 1.29 is 4.79 Å². The summed E-state index contributed by atoms with van der Waals surface area (Å²) in [6, 6.07) is 3.95. The van der Waals surface area contributed by atoms with Gasteiger partial charge in [0.15, 0.2) is 0 Å². The van der Waals surface area contributed by atoms with E-state index >= 15 is 0 Å². The Morgan fingerprint density at radius 3 is 3.07 bits per heavy atom. The number of aromatic nitrogens is 1. The van der Waals surface area contributed by atoms with Crippen LogP contribution in [0, 0.1) is 0 Å². The molecule has 78 valence electrons. The molecular weight excluding hydrogens is 176 g/mol. The fourth-order valence-corrected chi connectivity index (χ4v) is 1.26. The Hall–Kier alpha value is -1.25. The molecule has 0 radical (unpaired) electrons. The van der Waals surface area contributed by atoms with E-state index in [1.54, 1.807) is 0 Å². The number of unbranched alkanes of at least 4 members (excludes halogenated alkanes) is 1. The Morgan fingerprint density at radius 2 is 2.43 bits per heavy atom. The Kier molecular flexibility index (Phi) is 4.83. The maximum absolute atomic E-state index is 11.3. The van der Waals surface area contributed by atoms with Gasteiger partial charge >= 0.3 is 0 Å². The number of rotatable bonds is 6. The van der Waals surface area contributed by atoms with E-state index in [0.29, 0.717) is 6.42 Å². The summed E-state index contributed by atoms with van der Waals surface area (Å²) < 4.78 is 0. The van der Waals surface area contributed by atoms with Gasteiger partial charge in [0.05, 0.1) is 0 Å². The van der Waals surface area contributed by atoms with Crippen molar-refractivity contribution >= 4 is 5.91 Å². The monoisotopic (exact) mass is 194 g/mol. The Morgan fingerprint density at radius 1 is 1.57 bits per heavy atom. The lowest BCUT2D eigenvalue weighted by atomic mass is 10.2. The number of hydrogen-bond donors (Lipinski definition) is 2. The number of nitrogens with one attached hydrogen (secondary N) is 2. The van der Waals surface area contributed by atoms with Crippen molar-refractivity contribution in [2.75, 3.05) is 6.54 Å². The number of aromatic amines is 1. The first kappa shape index (κ1) is 10.8. The number of hydrogen-bond acceptors (Lipinski definition) is 1. The molecule has 1 heterocycles. The summed E-state index contributed by atoms with van der Waals surface area (Å²) in [7, 11) is 0. The van der Waals surface area contributed by atoms with E-state index in [2.05, 4.69) is 17.2 Å². The molecule has 0 aliphatic rings. The van der Waals surface area contributed by atoms with Crippen LogP contribution in [0.1, 0.15) is 31.9 Å². The third kappa shape index (κ3) is 4.12. The molecule has 0 spiro atoms. The molecule has 2 N–H and O–H groups in total. The molecule has 0 aliphatic heterocycles. The molecule has 1 aromatic heterocycles. The van der Waals surface area contributed by atoms with Gasteiger partial charge in [-0.15, -0.1) is 0 Å². The summed E-state index contributed by atoms with van der Waals surface area (Å²) in [5, 5.41) is 2.89. The molecule has 0 fully saturated rings. The van der Waals surface area contributed by atoms with Crippen LogP contribution in [0.4, 0.5) is 0 Å². The van der Waals surface area contributed by atoms with Crippen molar-refractivity contribution in [2.45, 2.75) is 32.6 Å². The largest absolute Gasteiger partial charge is 0.365 e. The van der Waals surface area contributed by atoms with Crippen molar-refractivity contribution in [3.05, 3.63) is 24.0 Å². The van der Waals surface area contributed by atoms with Crippen molar-refractivity contribution in [2.24, 2.45) is 0 Å². The first-order chi connectivity index (χ1) is 6.83. The molecule has 1 amide bonds. The smallest absolute Gasteiger partial charge is 0.220 e. The number of amides is 1. The van der Waals surface area contributed by atoms with Crippen LogP contribution in [0.5, 0.6) is 0 Å². The summed E-state index contributed by atoms with van der Waals surface area (Å²) in [6.45, 7) is 2.92. The third-order valence-electron chi connectivity index (χ3n) is 2.14. The van der Waals surface area contributed by atoms with Crippen LogP contribution in [0.25, 0.3) is 0 Å². The van der Waals surface area contributed by atoms with E-state index in [1.807, 2.05) is 18.3 Å². The van der Waals surface area contributed by atoms with E-state index in [9.17, 15) is 4.79 Å². The van der Waals surface area contributed by atoms with E-state index in [-0.39, 0.29) is 5.91 Å². The summed E-state index contributed by atoms with van der Waals surface area (Å²) in [6.07, 6.45) is 5.44. The standard InChI is InChI=1S/C11H18N2O/c1-2-3-8-13-11(14)7-6-10-5-4-9-12-10/h4-5,9,12H,2-3,6-8H2,1H3,(H,13,14). The van der Waals surface area contributed by atoms with Gasteiger partial charge in [0.1, 0.15) is 0 Å². The first-order valence-corrected chi connectivity index (χ1v) is 5.22. The lowest BCUT2D eigenvalue weighted by molar-refractivity contribution is -0.121. The summed E-state index contributed by atoms with van der Waals surface area (Å²) >= 11 is 0. The van der Waals surface area contributed by atoms with Crippen LogP contribution >= 0.6 is 0 Å². The van der Waals surface area contributed by atoms with Crippen molar-refractivity contribution in [1.29, 1.82) is 0 Å². The molecule has 1 rings (SSSR count). The van der Waals surface area contributed by atoms with Crippen LogP contribution in [-0.4, -0.2) is 17.4 Å². The van der Waals surface area contributed by atoms with E-state index in [0.717, 1.165) is 31.5 Å². The highest BCUT2D eigenvalue weighted by Gasteiger charge is 2.00. The predicted molar refractivity (Wildman–Crippen MR) is 57.0 cm³/mol. The number of H-pyrrole nitrogens is 1. The molecule has 0 saturated carbocycles. The molecule has 14 heavy (non-hydrogen) atoms. The fourth-order valence-electron chi connectivity index (χ4n) is 1.26. The SMILES string of the molecule is CCCCNC(=O)CCc1ccc[nH]1. The second-order valence-corrected chi connectivity index (χ2v) is 3.40. The molecule has 3 heteroatoms. The van der Waals surface area contributed by atoms with Crippen LogP contribution in [0.3, 0.4) is 0 Å². The van der Waals surface area contributed by atoms with Crippen molar-refractivity contribution in [1.82, 2.24) is 10.3 Å².